The molecule has 0 saturated carbocycles. The van der Waals surface area contributed by atoms with Gasteiger partial charge >= 0.3 is 5.97 Å². The minimum absolute atomic E-state index is 0.101. The predicted molar refractivity (Wildman–Crippen MR) is 94.7 cm³/mol. The number of esters is 1. The van der Waals surface area contributed by atoms with Crippen LogP contribution in [0.5, 0.6) is 5.75 Å². The number of ether oxygens (including phenoxy) is 2. The Bertz CT molecular complexity index is 907. The largest absolute Gasteiger partial charge is 0.497 e. The van der Waals surface area contributed by atoms with Crippen LogP contribution in [0.15, 0.2) is 53.4 Å². The van der Waals surface area contributed by atoms with Crippen molar-refractivity contribution in [1.29, 1.82) is 0 Å². The first kappa shape index (κ1) is 19.5. The minimum Gasteiger partial charge on any atom is -0.497 e. The van der Waals surface area contributed by atoms with Crippen LogP contribution in [-0.2, 0) is 25.9 Å². The van der Waals surface area contributed by atoms with Crippen LogP contribution >= 0.6 is 0 Å². The number of benzene rings is 2. The molecule has 1 N–H and O–H groups in total. The third-order valence-electron chi connectivity index (χ3n) is 3.46. The van der Waals surface area contributed by atoms with Gasteiger partial charge in [-0.3, -0.25) is 4.79 Å². The maximum atomic E-state index is 12.1. The zero-order valence-corrected chi connectivity index (χ0v) is 15.2. The Hall–Kier alpha value is -2.87. The van der Waals surface area contributed by atoms with Crippen LogP contribution < -0.4 is 10.1 Å². The Kier molecular flexibility index (Phi) is 6.35. The van der Waals surface area contributed by atoms with Crippen LogP contribution in [-0.4, -0.2) is 40.3 Å². The predicted octanol–water partition coefficient (Wildman–Crippen LogP) is 1.57. The van der Waals surface area contributed by atoms with E-state index >= 15 is 0 Å². The number of carbonyl (C=O) groups is 2. The fourth-order valence-electron chi connectivity index (χ4n) is 2.20. The molecule has 2 aromatic rings. The second-order valence-electron chi connectivity index (χ2n) is 5.47. The maximum absolute atomic E-state index is 12.1. The van der Waals surface area contributed by atoms with E-state index in [0.717, 1.165) is 11.8 Å². The number of methoxy groups -OCH3 is 1. The van der Waals surface area contributed by atoms with E-state index in [1.807, 2.05) is 6.07 Å². The second kappa shape index (κ2) is 8.48. The standard InChI is InChI=1S/C18H19NO6S/c1-24-14-7-5-6-13(10-14)11-19-17(20)12-25-18(21)15-8-3-4-9-16(15)26(2,22)23/h3-10H,11-12H2,1-2H3,(H,19,20). The van der Waals surface area contributed by atoms with Gasteiger partial charge in [0.05, 0.1) is 17.6 Å². The molecule has 2 rings (SSSR count). The van der Waals surface area contributed by atoms with Gasteiger partial charge in [0.1, 0.15) is 5.75 Å². The molecule has 0 saturated heterocycles. The zero-order valence-electron chi connectivity index (χ0n) is 14.4. The van der Waals surface area contributed by atoms with Gasteiger partial charge in [-0.05, 0) is 29.8 Å². The summed E-state index contributed by atoms with van der Waals surface area (Å²) in [7, 11) is -2.04. The molecular weight excluding hydrogens is 358 g/mol. The summed E-state index contributed by atoms with van der Waals surface area (Å²) in [5.74, 6) is -0.707. The molecule has 0 unspecified atom stereocenters. The van der Waals surface area contributed by atoms with Gasteiger partial charge in [0.25, 0.3) is 5.91 Å². The molecule has 0 aliphatic carbocycles. The van der Waals surface area contributed by atoms with Crippen molar-refractivity contribution in [2.24, 2.45) is 0 Å². The SMILES string of the molecule is COc1cccc(CNC(=O)COC(=O)c2ccccc2S(C)(=O)=O)c1. The lowest BCUT2D eigenvalue weighted by molar-refractivity contribution is -0.124. The molecule has 0 fully saturated rings. The Balaban J connectivity index is 1.92. The lowest BCUT2D eigenvalue weighted by Crippen LogP contribution is -2.28. The van der Waals surface area contributed by atoms with Gasteiger partial charge in [-0.15, -0.1) is 0 Å². The van der Waals surface area contributed by atoms with Crippen molar-refractivity contribution in [3.63, 3.8) is 0 Å². The number of rotatable bonds is 7. The first-order valence-corrected chi connectivity index (χ1v) is 9.56. The fraction of sp³-hybridized carbons (Fsp3) is 0.222. The first-order chi connectivity index (χ1) is 12.3. The molecule has 0 radical (unpaired) electrons. The number of sulfone groups is 1. The van der Waals surface area contributed by atoms with Crippen molar-refractivity contribution in [2.75, 3.05) is 20.0 Å². The Morgan fingerprint density at radius 2 is 1.81 bits per heavy atom. The van der Waals surface area contributed by atoms with Crippen LogP contribution in [0.3, 0.4) is 0 Å². The number of nitrogens with one attached hydrogen (secondary N) is 1. The second-order valence-corrected chi connectivity index (χ2v) is 7.46. The molecule has 1 amide bonds. The van der Waals surface area contributed by atoms with Gasteiger partial charge in [-0.1, -0.05) is 24.3 Å². The van der Waals surface area contributed by atoms with Gasteiger partial charge in [-0.2, -0.15) is 0 Å². The summed E-state index contributed by atoms with van der Waals surface area (Å²) in [4.78, 5) is 23.8. The molecule has 0 aliphatic rings. The summed E-state index contributed by atoms with van der Waals surface area (Å²) in [6, 6.07) is 12.9. The van der Waals surface area contributed by atoms with E-state index in [4.69, 9.17) is 9.47 Å². The van der Waals surface area contributed by atoms with Gasteiger partial charge in [0, 0.05) is 12.8 Å². The van der Waals surface area contributed by atoms with Crippen molar-refractivity contribution in [3.8, 4) is 5.75 Å². The van der Waals surface area contributed by atoms with Gasteiger partial charge in [-0.25, -0.2) is 13.2 Å². The van der Waals surface area contributed by atoms with E-state index in [0.29, 0.717) is 5.75 Å². The summed E-state index contributed by atoms with van der Waals surface area (Å²) in [5, 5.41) is 2.61. The summed E-state index contributed by atoms with van der Waals surface area (Å²) < 4.78 is 33.4. The van der Waals surface area contributed by atoms with E-state index in [1.165, 1.54) is 24.3 Å². The van der Waals surface area contributed by atoms with Gasteiger partial charge in [0.15, 0.2) is 16.4 Å². The van der Waals surface area contributed by atoms with Crippen LogP contribution in [0.4, 0.5) is 0 Å². The molecule has 0 aromatic heterocycles. The Morgan fingerprint density at radius 3 is 2.50 bits per heavy atom. The normalized spacial score (nSPS) is 10.8. The van der Waals surface area contributed by atoms with Gasteiger partial charge in [0.2, 0.25) is 0 Å². The average Bonchev–Trinajstić information content (AvgIpc) is 2.64. The third kappa shape index (κ3) is 5.32. The lowest BCUT2D eigenvalue weighted by Gasteiger charge is -2.09. The highest BCUT2D eigenvalue weighted by Crippen LogP contribution is 2.16. The quantitative estimate of drug-likeness (QED) is 0.736. The molecule has 0 atom stereocenters. The van der Waals surface area contributed by atoms with Crippen molar-refractivity contribution >= 4 is 21.7 Å². The lowest BCUT2D eigenvalue weighted by atomic mass is 10.2. The summed E-state index contributed by atoms with van der Waals surface area (Å²) >= 11 is 0. The molecule has 138 valence electrons. The fourth-order valence-corrected chi connectivity index (χ4v) is 3.08. The van der Waals surface area contributed by atoms with Crippen LogP contribution in [0.2, 0.25) is 0 Å². The van der Waals surface area contributed by atoms with Crippen molar-refractivity contribution in [3.05, 3.63) is 59.7 Å². The van der Waals surface area contributed by atoms with E-state index in [-0.39, 0.29) is 17.0 Å². The molecule has 0 bridgehead atoms. The molecule has 2 aromatic carbocycles. The van der Waals surface area contributed by atoms with Crippen LogP contribution in [0.1, 0.15) is 15.9 Å². The van der Waals surface area contributed by atoms with E-state index in [1.54, 1.807) is 25.3 Å². The average molecular weight is 377 g/mol. The van der Waals surface area contributed by atoms with Crippen molar-refractivity contribution in [2.45, 2.75) is 11.4 Å². The smallest absolute Gasteiger partial charge is 0.339 e. The summed E-state index contributed by atoms with van der Waals surface area (Å²) in [6.07, 6.45) is 1.000. The number of hydrogen-bond acceptors (Lipinski definition) is 6. The van der Waals surface area contributed by atoms with Crippen molar-refractivity contribution in [1.82, 2.24) is 5.32 Å². The van der Waals surface area contributed by atoms with E-state index in [2.05, 4.69) is 5.32 Å². The van der Waals surface area contributed by atoms with E-state index < -0.39 is 28.3 Å². The monoisotopic (exact) mass is 377 g/mol. The number of hydrogen-bond donors (Lipinski definition) is 1. The summed E-state index contributed by atoms with van der Waals surface area (Å²) in [5.41, 5.74) is 0.724. The maximum Gasteiger partial charge on any atom is 0.339 e. The van der Waals surface area contributed by atoms with Gasteiger partial charge < -0.3 is 14.8 Å². The first-order valence-electron chi connectivity index (χ1n) is 7.67. The highest BCUT2D eigenvalue weighted by Gasteiger charge is 2.19. The van der Waals surface area contributed by atoms with Crippen LogP contribution in [0, 0.1) is 0 Å². The Morgan fingerprint density at radius 1 is 1.08 bits per heavy atom. The number of amides is 1. The van der Waals surface area contributed by atoms with E-state index in [9.17, 15) is 18.0 Å². The van der Waals surface area contributed by atoms with Crippen molar-refractivity contribution < 1.29 is 27.5 Å². The molecule has 0 aliphatic heterocycles. The molecule has 8 heteroatoms. The van der Waals surface area contributed by atoms with Crippen LogP contribution in [0.25, 0.3) is 0 Å². The zero-order chi connectivity index (χ0) is 19.2. The topological polar surface area (TPSA) is 98.8 Å². The summed E-state index contributed by atoms with van der Waals surface area (Å²) in [6.45, 7) is -0.269. The minimum atomic E-state index is -3.58. The molecule has 26 heavy (non-hydrogen) atoms. The number of carbonyl (C=O) groups excluding carboxylic acids is 2. The highest BCUT2D eigenvalue weighted by molar-refractivity contribution is 7.90. The molecule has 0 spiro atoms. The third-order valence-corrected chi connectivity index (χ3v) is 4.62. The Labute approximate surface area is 151 Å². The molecule has 0 heterocycles. The highest BCUT2D eigenvalue weighted by atomic mass is 32.2. The molecule has 7 nitrogen and oxygen atoms in total. The molecular formula is C18H19NO6S.